The highest BCUT2D eigenvalue weighted by molar-refractivity contribution is 5.80. The van der Waals surface area contributed by atoms with Crippen molar-refractivity contribution in [3.8, 4) is 0 Å². The molecule has 108 valence electrons. The first-order valence-corrected chi connectivity index (χ1v) is 7.16. The Morgan fingerprint density at radius 2 is 1.79 bits per heavy atom. The lowest BCUT2D eigenvalue weighted by Gasteiger charge is -2.32. The van der Waals surface area contributed by atoms with Gasteiger partial charge in [-0.15, -0.1) is 0 Å². The fourth-order valence-electron chi connectivity index (χ4n) is 2.54. The minimum Gasteiger partial charge on any atom is -0.480 e. The van der Waals surface area contributed by atoms with E-state index in [2.05, 4.69) is 6.92 Å². The number of nitrogens with zero attached hydrogens (tertiary/aromatic N) is 2. The highest BCUT2D eigenvalue weighted by Gasteiger charge is 2.41. The summed E-state index contributed by atoms with van der Waals surface area (Å²) in [5, 5.41) is 8.97. The van der Waals surface area contributed by atoms with Crippen molar-refractivity contribution in [2.24, 2.45) is 5.92 Å². The topological polar surface area (TPSA) is 60.9 Å². The second-order valence-electron chi connectivity index (χ2n) is 6.04. The Morgan fingerprint density at radius 3 is 2.21 bits per heavy atom. The van der Waals surface area contributed by atoms with Crippen LogP contribution in [0, 0.1) is 5.92 Å². The molecule has 2 rings (SSSR count). The van der Waals surface area contributed by atoms with Crippen LogP contribution in [-0.2, 0) is 9.59 Å². The lowest BCUT2D eigenvalue weighted by molar-refractivity contribution is -0.144. The van der Waals surface area contributed by atoms with E-state index >= 15 is 0 Å². The van der Waals surface area contributed by atoms with E-state index in [1.807, 2.05) is 4.90 Å². The van der Waals surface area contributed by atoms with Gasteiger partial charge in [-0.2, -0.15) is 0 Å². The van der Waals surface area contributed by atoms with Gasteiger partial charge in [0.1, 0.15) is 6.04 Å². The molecule has 19 heavy (non-hydrogen) atoms. The number of carbonyl (C=O) groups is 2. The summed E-state index contributed by atoms with van der Waals surface area (Å²) in [6, 6.07) is 0.0893. The molecule has 2 fully saturated rings. The summed E-state index contributed by atoms with van der Waals surface area (Å²) >= 11 is 0. The van der Waals surface area contributed by atoms with Gasteiger partial charge in [0.15, 0.2) is 0 Å². The average Bonchev–Trinajstić information content (AvgIpc) is 3.18. The molecule has 5 heteroatoms. The Hall–Kier alpha value is -1.10. The van der Waals surface area contributed by atoms with E-state index in [-0.39, 0.29) is 12.5 Å². The van der Waals surface area contributed by atoms with Crippen molar-refractivity contribution in [1.29, 1.82) is 0 Å². The SMILES string of the molecule is CC(C(=O)O)N(C)CC(=O)N(C1CC1)C(C)C1CC1. The maximum atomic E-state index is 12.4. The Bertz CT molecular complexity index is 364. The molecule has 0 radical (unpaired) electrons. The van der Waals surface area contributed by atoms with Crippen molar-refractivity contribution in [3.05, 3.63) is 0 Å². The van der Waals surface area contributed by atoms with Gasteiger partial charge >= 0.3 is 5.97 Å². The van der Waals surface area contributed by atoms with Gasteiger partial charge in [-0.05, 0) is 52.5 Å². The van der Waals surface area contributed by atoms with Crippen LogP contribution >= 0.6 is 0 Å². The fraction of sp³-hybridized carbons (Fsp3) is 0.857. The molecule has 2 unspecified atom stereocenters. The minimum atomic E-state index is -0.886. The molecule has 5 nitrogen and oxygen atoms in total. The molecule has 2 saturated carbocycles. The number of carbonyl (C=O) groups excluding carboxylic acids is 1. The van der Waals surface area contributed by atoms with Gasteiger partial charge in [0, 0.05) is 12.1 Å². The van der Waals surface area contributed by atoms with Crippen LogP contribution in [0.1, 0.15) is 39.5 Å². The van der Waals surface area contributed by atoms with Gasteiger partial charge in [0.05, 0.1) is 6.54 Å². The van der Waals surface area contributed by atoms with Gasteiger partial charge in [-0.25, -0.2) is 0 Å². The number of carboxylic acids is 1. The van der Waals surface area contributed by atoms with Crippen molar-refractivity contribution >= 4 is 11.9 Å². The number of amides is 1. The molecule has 0 aromatic carbocycles. The monoisotopic (exact) mass is 268 g/mol. The zero-order valence-corrected chi connectivity index (χ0v) is 12.0. The van der Waals surface area contributed by atoms with Crippen LogP contribution in [0.15, 0.2) is 0 Å². The van der Waals surface area contributed by atoms with E-state index in [9.17, 15) is 9.59 Å². The Morgan fingerprint density at radius 1 is 1.21 bits per heavy atom. The molecular weight excluding hydrogens is 244 g/mol. The standard InChI is InChI=1S/C14H24N2O3/c1-9(11-4-5-11)16(12-6-7-12)13(17)8-15(3)10(2)14(18)19/h9-12H,4-8H2,1-3H3,(H,18,19). The van der Waals surface area contributed by atoms with Crippen LogP contribution in [-0.4, -0.2) is 58.5 Å². The van der Waals surface area contributed by atoms with E-state index in [0.717, 1.165) is 12.8 Å². The van der Waals surface area contributed by atoms with Crippen molar-refractivity contribution < 1.29 is 14.7 Å². The number of hydrogen-bond donors (Lipinski definition) is 1. The molecule has 0 aromatic heterocycles. The Balaban J connectivity index is 1.93. The van der Waals surface area contributed by atoms with Crippen LogP contribution in [0.5, 0.6) is 0 Å². The molecule has 2 aliphatic carbocycles. The predicted molar refractivity (Wildman–Crippen MR) is 71.8 cm³/mol. The minimum absolute atomic E-state index is 0.0810. The number of aliphatic carboxylic acids is 1. The van der Waals surface area contributed by atoms with Gasteiger partial charge in [0.25, 0.3) is 0 Å². The molecule has 1 amide bonds. The molecule has 2 aliphatic rings. The molecular formula is C14H24N2O3. The zero-order chi connectivity index (χ0) is 14.2. The van der Waals surface area contributed by atoms with E-state index < -0.39 is 12.0 Å². The Kier molecular flexibility index (Phi) is 4.13. The van der Waals surface area contributed by atoms with E-state index in [4.69, 9.17) is 5.11 Å². The molecule has 0 heterocycles. The van der Waals surface area contributed by atoms with Gasteiger partial charge in [0.2, 0.25) is 5.91 Å². The van der Waals surface area contributed by atoms with E-state index in [1.165, 1.54) is 12.8 Å². The lowest BCUT2D eigenvalue weighted by Crippen LogP contribution is -2.48. The van der Waals surface area contributed by atoms with Crippen LogP contribution in [0.25, 0.3) is 0 Å². The van der Waals surface area contributed by atoms with Gasteiger partial charge in [-0.1, -0.05) is 0 Å². The van der Waals surface area contributed by atoms with E-state index in [1.54, 1.807) is 18.9 Å². The molecule has 1 N–H and O–H groups in total. The summed E-state index contributed by atoms with van der Waals surface area (Å²) < 4.78 is 0. The number of carboxylic acid groups (broad SMARTS) is 1. The largest absolute Gasteiger partial charge is 0.480 e. The van der Waals surface area contributed by atoms with Gasteiger partial charge < -0.3 is 10.0 Å². The summed E-state index contributed by atoms with van der Waals surface area (Å²) in [6.45, 7) is 3.94. The van der Waals surface area contributed by atoms with Crippen molar-refractivity contribution in [2.45, 2.75) is 57.7 Å². The predicted octanol–water partition coefficient (Wildman–Crippen LogP) is 1.18. The molecule has 0 bridgehead atoms. The average molecular weight is 268 g/mol. The molecule has 0 saturated heterocycles. The summed E-state index contributed by atoms with van der Waals surface area (Å²) in [5.41, 5.74) is 0. The second kappa shape index (κ2) is 5.49. The highest BCUT2D eigenvalue weighted by atomic mass is 16.4. The van der Waals surface area contributed by atoms with Crippen molar-refractivity contribution in [1.82, 2.24) is 9.80 Å². The third-order valence-corrected chi connectivity index (χ3v) is 4.37. The van der Waals surface area contributed by atoms with Crippen LogP contribution < -0.4 is 0 Å². The summed E-state index contributed by atoms with van der Waals surface area (Å²) in [4.78, 5) is 27.0. The number of likely N-dealkylation sites (N-methyl/N-ethyl adjacent to an activating group) is 1. The molecule has 0 aromatic rings. The molecule has 0 spiro atoms. The van der Waals surface area contributed by atoms with E-state index in [0.29, 0.717) is 18.0 Å². The number of rotatable bonds is 7. The van der Waals surface area contributed by atoms with Crippen LogP contribution in [0.4, 0.5) is 0 Å². The van der Waals surface area contributed by atoms with Crippen LogP contribution in [0.3, 0.4) is 0 Å². The highest BCUT2D eigenvalue weighted by Crippen LogP contribution is 2.39. The maximum absolute atomic E-state index is 12.4. The second-order valence-corrected chi connectivity index (χ2v) is 6.04. The summed E-state index contributed by atoms with van der Waals surface area (Å²) in [5.74, 6) is -0.146. The normalized spacial score (nSPS) is 22.1. The number of hydrogen-bond acceptors (Lipinski definition) is 3. The first-order valence-electron chi connectivity index (χ1n) is 7.16. The smallest absolute Gasteiger partial charge is 0.320 e. The summed E-state index contributed by atoms with van der Waals surface area (Å²) in [6.07, 6.45) is 4.64. The molecule has 2 atom stereocenters. The molecule has 0 aliphatic heterocycles. The van der Waals surface area contributed by atoms with Crippen LogP contribution in [0.2, 0.25) is 0 Å². The first-order chi connectivity index (χ1) is 8.91. The lowest BCUT2D eigenvalue weighted by atomic mass is 10.1. The third-order valence-electron chi connectivity index (χ3n) is 4.37. The zero-order valence-electron chi connectivity index (χ0n) is 12.0. The Labute approximate surface area is 114 Å². The third kappa shape index (κ3) is 3.47. The fourth-order valence-corrected chi connectivity index (χ4v) is 2.54. The van der Waals surface area contributed by atoms with Crippen molar-refractivity contribution in [2.75, 3.05) is 13.6 Å². The van der Waals surface area contributed by atoms with Gasteiger partial charge in [-0.3, -0.25) is 14.5 Å². The first kappa shape index (κ1) is 14.3. The van der Waals surface area contributed by atoms with Crippen molar-refractivity contribution in [3.63, 3.8) is 0 Å². The maximum Gasteiger partial charge on any atom is 0.320 e. The quantitative estimate of drug-likeness (QED) is 0.753. The summed E-state index contributed by atoms with van der Waals surface area (Å²) in [7, 11) is 1.70.